The summed E-state index contributed by atoms with van der Waals surface area (Å²) < 4.78 is 5.65. The monoisotopic (exact) mass is 397 g/mol. The van der Waals surface area contributed by atoms with Gasteiger partial charge in [-0.15, -0.1) is 0 Å². The Morgan fingerprint density at radius 3 is 2.77 bits per heavy atom. The SMILES string of the molecule is Cc1cccc(-c2noc(C3CCCCN3C(=O)c3cccc4ccccc34)n2)c1. The lowest BCUT2D eigenvalue weighted by atomic mass is 9.98. The molecule has 1 fully saturated rings. The zero-order chi connectivity index (χ0) is 20.5. The zero-order valence-electron chi connectivity index (χ0n) is 16.9. The van der Waals surface area contributed by atoms with Crippen LogP contribution in [0.5, 0.6) is 0 Å². The smallest absolute Gasteiger partial charge is 0.255 e. The summed E-state index contributed by atoms with van der Waals surface area (Å²) in [6.45, 7) is 2.73. The molecule has 0 N–H and O–H groups in total. The maximum atomic E-state index is 13.6. The minimum absolute atomic E-state index is 0.0202. The summed E-state index contributed by atoms with van der Waals surface area (Å²) in [5.41, 5.74) is 2.79. The van der Waals surface area contributed by atoms with Crippen LogP contribution < -0.4 is 0 Å². The van der Waals surface area contributed by atoms with E-state index in [1.54, 1.807) is 0 Å². The van der Waals surface area contributed by atoms with Gasteiger partial charge in [0.05, 0.1) is 0 Å². The summed E-state index contributed by atoms with van der Waals surface area (Å²) in [6.07, 6.45) is 2.84. The molecule has 1 unspecified atom stereocenters. The number of fused-ring (bicyclic) bond motifs is 1. The predicted octanol–water partition coefficient (Wildman–Crippen LogP) is 5.57. The number of carbonyl (C=O) groups excluding carboxylic acids is 1. The maximum Gasteiger partial charge on any atom is 0.255 e. The summed E-state index contributed by atoms with van der Waals surface area (Å²) in [5.74, 6) is 1.10. The first-order valence-electron chi connectivity index (χ1n) is 10.4. The fourth-order valence-corrected chi connectivity index (χ4v) is 4.27. The standard InChI is InChI=1S/C25H23N3O2/c1-17-8-6-11-19(16-17)23-26-24(30-27-23)22-14-4-5-15-28(22)25(29)21-13-7-10-18-9-2-3-12-20(18)21/h2-3,6-13,16,22H,4-5,14-15H2,1H3. The van der Waals surface area contributed by atoms with Gasteiger partial charge in [0.25, 0.3) is 5.91 Å². The third kappa shape index (κ3) is 3.36. The Labute approximate surface area is 175 Å². The van der Waals surface area contributed by atoms with Crippen LogP contribution in [0.15, 0.2) is 71.3 Å². The molecule has 0 aliphatic carbocycles. The third-order valence-electron chi connectivity index (χ3n) is 5.79. The number of amides is 1. The van der Waals surface area contributed by atoms with Crippen molar-refractivity contribution >= 4 is 16.7 Å². The van der Waals surface area contributed by atoms with E-state index in [-0.39, 0.29) is 11.9 Å². The van der Waals surface area contributed by atoms with Crippen LogP contribution >= 0.6 is 0 Å². The van der Waals surface area contributed by atoms with Gasteiger partial charge in [-0.25, -0.2) is 0 Å². The molecule has 0 bridgehead atoms. The summed E-state index contributed by atoms with van der Waals surface area (Å²) in [5, 5.41) is 6.23. The van der Waals surface area contributed by atoms with E-state index >= 15 is 0 Å². The number of piperidine rings is 1. The Hall–Kier alpha value is -3.47. The van der Waals surface area contributed by atoms with Gasteiger partial charge in [-0.3, -0.25) is 4.79 Å². The summed E-state index contributed by atoms with van der Waals surface area (Å²) in [4.78, 5) is 20.1. The van der Waals surface area contributed by atoms with E-state index in [4.69, 9.17) is 4.52 Å². The molecular formula is C25H23N3O2. The van der Waals surface area contributed by atoms with Crippen molar-refractivity contribution in [3.8, 4) is 11.4 Å². The Balaban J connectivity index is 1.49. The van der Waals surface area contributed by atoms with Crippen LogP contribution in [-0.4, -0.2) is 27.5 Å². The van der Waals surface area contributed by atoms with Crippen LogP contribution in [-0.2, 0) is 0 Å². The Bertz CT molecular complexity index is 1210. The number of carbonyl (C=O) groups is 1. The average Bonchev–Trinajstić information content (AvgIpc) is 3.28. The second-order valence-electron chi connectivity index (χ2n) is 7.86. The minimum atomic E-state index is -0.198. The molecule has 3 aromatic carbocycles. The molecule has 5 heteroatoms. The maximum absolute atomic E-state index is 13.6. The van der Waals surface area contributed by atoms with Crippen LogP contribution in [0.1, 0.15) is 47.1 Å². The van der Waals surface area contributed by atoms with E-state index in [0.29, 0.717) is 18.3 Å². The molecular weight excluding hydrogens is 374 g/mol. The van der Waals surface area contributed by atoms with Crippen molar-refractivity contribution in [2.75, 3.05) is 6.54 Å². The molecule has 5 nitrogen and oxygen atoms in total. The highest BCUT2D eigenvalue weighted by molar-refractivity contribution is 6.07. The van der Waals surface area contributed by atoms with Gasteiger partial charge in [-0.1, -0.05) is 65.3 Å². The van der Waals surface area contributed by atoms with Crippen LogP contribution in [0.25, 0.3) is 22.2 Å². The lowest BCUT2D eigenvalue weighted by Crippen LogP contribution is -2.38. The van der Waals surface area contributed by atoms with Crippen molar-refractivity contribution in [2.45, 2.75) is 32.2 Å². The van der Waals surface area contributed by atoms with Crippen LogP contribution in [0.3, 0.4) is 0 Å². The second-order valence-corrected chi connectivity index (χ2v) is 7.86. The average molecular weight is 397 g/mol. The van der Waals surface area contributed by atoms with Crippen LogP contribution in [0, 0.1) is 6.92 Å². The lowest BCUT2D eigenvalue weighted by molar-refractivity contribution is 0.0563. The topological polar surface area (TPSA) is 59.2 Å². The molecule has 0 saturated carbocycles. The van der Waals surface area contributed by atoms with Gasteiger partial charge in [0, 0.05) is 17.7 Å². The van der Waals surface area contributed by atoms with Gasteiger partial charge in [-0.2, -0.15) is 4.98 Å². The van der Waals surface area contributed by atoms with E-state index in [1.165, 1.54) is 0 Å². The van der Waals surface area contributed by atoms with E-state index in [2.05, 4.69) is 10.1 Å². The Morgan fingerprint density at radius 1 is 1.03 bits per heavy atom. The molecule has 0 spiro atoms. The van der Waals surface area contributed by atoms with E-state index in [1.807, 2.05) is 78.6 Å². The molecule has 5 rings (SSSR count). The molecule has 1 saturated heterocycles. The van der Waals surface area contributed by atoms with Crippen molar-refractivity contribution in [3.05, 3.63) is 83.7 Å². The fraction of sp³-hybridized carbons (Fsp3) is 0.240. The number of rotatable bonds is 3. The summed E-state index contributed by atoms with van der Waals surface area (Å²) >= 11 is 0. The molecule has 1 aliphatic rings. The minimum Gasteiger partial charge on any atom is -0.337 e. The number of aromatic nitrogens is 2. The highest BCUT2D eigenvalue weighted by Crippen LogP contribution is 2.33. The number of aryl methyl sites for hydroxylation is 1. The molecule has 0 radical (unpaired) electrons. The van der Waals surface area contributed by atoms with Gasteiger partial charge in [0.2, 0.25) is 11.7 Å². The van der Waals surface area contributed by atoms with Crippen molar-refractivity contribution in [1.82, 2.24) is 15.0 Å². The number of hydrogen-bond donors (Lipinski definition) is 0. The molecule has 4 aromatic rings. The molecule has 2 heterocycles. The molecule has 1 aliphatic heterocycles. The first kappa shape index (κ1) is 18.6. The summed E-state index contributed by atoms with van der Waals surface area (Å²) in [6, 6.07) is 21.7. The van der Waals surface area contributed by atoms with Gasteiger partial charge >= 0.3 is 0 Å². The van der Waals surface area contributed by atoms with Crippen molar-refractivity contribution in [3.63, 3.8) is 0 Å². The van der Waals surface area contributed by atoms with E-state index in [0.717, 1.165) is 46.7 Å². The first-order valence-corrected chi connectivity index (χ1v) is 10.4. The second kappa shape index (κ2) is 7.75. The molecule has 30 heavy (non-hydrogen) atoms. The predicted molar refractivity (Wildman–Crippen MR) is 116 cm³/mol. The number of hydrogen-bond acceptors (Lipinski definition) is 4. The lowest BCUT2D eigenvalue weighted by Gasteiger charge is -2.33. The zero-order valence-corrected chi connectivity index (χ0v) is 16.9. The van der Waals surface area contributed by atoms with Crippen molar-refractivity contribution in [1.29, 1.82) is 0 Å². The fourth-order valence-electron chi connectivity index (χ4n) is 4.27. The number of likely N-dealkylation sites (tertiary alicyclic amines) is 1. The molecule has 1 aromatic heterocycles. The first-order chi connectivity index (χ1) is 14.7. The number of benzene rings is 3. The molecule has 1 atom stereocenters. The molecule has 1 amide bonds. The van der Waals surface area contributed by atoms with Crippen molar-refractivity contribution in [2.24, 2.45) is 0 Å². The Kier molecular flexibility index (Phi) is 4.79. The van der Waals surface area contributed by atoms with Gasteiger partial charge in [0.1, 0.15) is 6.04 Å². The van der Waals surface area contributed by atoms with E-state index in [9.17, 15) is 4.79 Å². The summed E-state index contributed by atoms with van der Waals surface area (Å²) in [7, 11) is 0. The number of nitrogens with zero attached hydrogens (tertiary/aromatic N) is 3. The van der Waals surface area contributed by atoms with E-state index < -0.39 is 0 Å². The highest BCUT2D eigenvalue weighted by Gasteiger charge is 2.33. The van der Waals surface area contributed by atoms with Gasteiger partial charge in [-0.05, 0) is 49.1 Å². The Morgan fingerprint density at radius 2 is 1.87 bits per heavy atom. The third-order valence-corrected chi connectivity index (χ3v) is 5.79. The largest absolute Gasteiger partial charge is 0.337 e. The van der Waals surface area contributed by atoms with Crippen molar-refractivity contribution < 1.29 is 9.32 Å². The molecule has 150 valence electrons. The highest BCUT2D eigenvalue weighted by atomic mass is 16.5. The van der Waals surface area contributed by atoms with Gasteiger partial charge in [0.15, 0.2) is 0 Å². The van der Waals surface area contributed by atoms with Gasteiger partial charge < -0.3 is 9.42 Å². The van der Waals surface area contributed by atoms with Crippen LogP contribution in [0.4, 0.5) is 0 Å². The normalized spacial score (nSPS) is 16.7. The quantitative estimate of drug-likeness (QED) is 0.454. The van der Waals surface area contributed by atoms with Crippen LogP contribution in [0.2, 0.25) is 0 Å².